The third-order valence-corrected chi connectivity index (χ3v) is 4.21. The number of aromatic nitrogens is 3. The molecule has 2 heterocycles. The summed E-state index contributed by atoms with van der Waals surface area (Å²) >= 11 is 0. The molecule has 0 atom stereocenters. The molecule has 0 aromatic carbocycles. The number of hydrogen-bond donors (Lipinski definition) is 1. The average Bonchev–Trinajstić information content (AvgIpc) is 2.49. The van der Waals surface area contributed by atoms with Crippen LogP contribution in [0.4, 0.5) is 0 Å². The van der Waals surface area contributed by atoms with Crippen LogP contribution >= 0.6 is 0 Å². The van der Waals surface area contributed by atoms with E-state index in [1.165, 1.54) is 19.1 Å². The largest absolute Gasteiger partial charge is 0.257 e. The number of imidazole rings is 1. The Hall–Kier alpha value is -1.52. The number of fused-ring (bicyclic) bond motifs is 1. The van der Waals surface area contributed by atoms with E-state index in [4.69, 9.17) is 5.14 Å². The summed E-state index contributed by atoms with van der Waals surface area (Å²) in [6, 6.07) is 2.62. The van der Waals surface area contributed by atoms with Gasteiger partial charge in [-0.05, 0) is 19.1 Å². The summed E-state index contributed by atoms with van der Waals surface area (Å²) < 4.78 is 46.5. The van der Waals surface area contributed by atoms with Crippen LogP contribution in [0.1, 0.15) is 5.69 Å². The molecule has 0 bridgehead atoms. The van der Waals surface area contributed by atoms with Gasteiger partial charge in [-0.15, -0.1) is 0 Å². The molecule has 0 unspecified atom stereocenters. The molecular weight excluding hydrogens is 280 g/mol. The third kappa shape index (κ3) is 2.09. The van der Waals surface area contributed by atoms with Gasteiger partial charge in [0.1, 0.15) is 0 Å². The Morgan fingerprint density at radius 3 is 2.33 bits per heavy atom. The van der Waals surface area contributed by atoms with Crippen molar-refractivity contribution in [2.75, 3.05) is 6.26 Å². The molecule has 0 aliphatic heterocycles. The summed E-state index contributed by atoms with van der Waals surface area (Å²) in [6.07, 6.45) is 0.974. The molecule has 0 aliphatic rings. The van der Waals surface area contributed by atoms with Crippen molar-refractivity contribution in [3.05, 3.63) is 17.8 Å². The van der Waals surface area contributed by atoms with Gasteiger partial charge in [-0.2, -0.15) is 9.61 Å². The maximum Gasteiger partial charge on any atom is 0.257 e. The molecule has 2 rings (SSSR count). The number of primary sulfonamides is 1. The summed E-state index contributed by atoms with van der Waals surface area (Å²) in [5, 5.41) is 8.22. The number of hydrogen-bond acceptors (Lipinski definition) is 6. The van der Waals surface area contributed by atoms with E-state index in [2.05, 4.69) is 10.1 Å². The van der Waals surface area contributed by atoms with Crippen molar-refractivity contribution in [1.82, 2.24) is 14.6 Å². The van der Waals surface area contributed by atoms with Crippen molar-refractivity contribution in [1.29, 1.82) is 0 Å². The first-order chi connectivity index (χ1) is 8.10. The van der Waals surface area contributed by atoms with Crippen LogP contribution in [0.15, 0.2) is 22.2 Å². The molecule has 2 aromatic heterocycles. The monoisotopic (exact) mass is 290 g/mol. The van der Waals surface area contributed by atoms with Crippen LogP contribution in [0, 0.1) is 6.92 Å². The fourth-order valence-corrected chi connectivity index (χ4v) is 2.91. The summed E-state index contributed by atoms with van der Waals surface area (Å²) in [5.74, 6) is 0. The zero-order valence-corrected chi connectivity index (χ0v) is 11.2. The zero-order valence-electron chi connectivity index (χ0n) is 9.52. The van der Waals surface area contributed by atoms with Gasteiger partial charge < -0.3 is 0 Å². The van der Waals surface area contributed by atoms with E-state index in [1.54, 1.807) is 0 Å². The number of sulfonamides is 1. The molecule has 98 valence electrons. The van der Waals surface area contributed by atoms with E-state index in [1.807, 2.05) is 0 Å². The van der Waals surface area contributed by atoms with Crippen LogP contribution in [0.3, 0.4) is 0 Å². The summed E-state index contributed by atoms with van der Waals surface area (Å²) in [5.41, 5.74) is 0.375. The first kappa shape index (κ1) is 12.9. The predicted octanol–water partition coefficient (Wildman–Crippen LogP) is -0.911. The lowest BCUT2D eigenvalue weighted by Gasteiger charge is -2.01. The van der Waals surface area contributed by atoms with E-state index in [9.17, 15) is 16.8 Å². The minimum absolute atomic E-state index is 0.163. The fourth-order valence-electron chi connectivity index (χ4n) is 1.53. The average molecular weight is 290 g/mol. The summed E-state index contributed by atoms with van der Waals surface area (Å²) in [6.45, 7) is 1.45. The van der Waals surface area contributed by atoms with Gasteiger partial charge in [-0.3, -0.25) is 0 Å². The number of aryl methyl sites for hydroxylation is 1. The van der Waals surface area contributed by atoms with E-state index in [0.717, 1.165) is 10.8 Å². The smallest absolute Gasteiger partial charge is 0.231 e. The highest BCUT2D eigenvalue weighted by molar-refractivity contribution is 7.90. The second-order valence-corrected chi connectivity index (χ2v) is 7.20. The Labute approximate surface area is 103 Å². The topological polar surface area (TPSA) is 124 Å². The fraction of sp³-hybridized carbons (Fsp3) is 0.250. The van der Waals surface area contributed by atoms with E-state index < -0.39 is 19.9 Å². The minimum Gasteiger partial charge on any atom is -0.231 e. The second kappa shape index (κ2) is 3.73. The van der Waals surface area contributed by atoms with Gasteiger partial charge in [-0.25, -0.2) is 27.0 Å². The Morgan fingerprint density at radius 2 is 1.83 bits per heavy atom. The highest BCUT2D eigenvalue weighted by atomic mass is 32.2. The van der Waals surface area contributed by atoms with Gasteiger partial charge in [0.15, 0.2) is 25.5 Å². The summed E-state index contributed by atoms with van der Waals surface area (Å²) in [4.78, 5) is 3.95. The number of sulfone groups is 1. The molecule has 10 heteroatoms. The first-order valence-corrected chi connectivity index (χ1v) is 8.14. The Morgan fingerprint density at radius 1 is 1.22 bits per heavy atom. The number of rotatable bonds is 2. The lowest BCUT2D eigenvalue weighted by atomic mass is 10.6. The second-order valence-electron chi connectivity index (χ2n) is 3.76. The van der Waals surface area contributed by atoms with Crippen LogP contribution in [0.5, 0.6) is 0 Å². The molecule has 0 saturated heterocycles. The maximum atomic E-state index is 11.4. The lowest BCUT2D eigenvalue weighted by Crippen LogP contribution is -2.17. The van der Waals surface area contributed by atoms with Gasteiger partial charge in [-0.1, -0.05) is 0 Å². The van der Waals surface area contributed by atoms with Gasteiger partial charge >= 0.3 is 0 Å². The normalized spacial score (nSPS) is 13.1. The van der Waals surface area contributed by atoms with Gasteiger partial charge in [0, 0.05) is 6.26 Å². The standard InChI is InChI=1S/C8H10N4O4S2/c1-5-8(18(9,15)16)12-6(10-5)3-4-7(11-12)17(2,13)14/h3-4H,1-2H3,(H2,9,15,16). The minimum atomic E-state index is -4.04. The predicted molar refractivity (Wildman–Crippen MR) is 62.2 cm³/mol. The summed E-state index contributed by atoms with van der Waals surface area (Å²) in [7, 11) is -7.58. The lowest BCUT2D eigenvalue weighted by molar-refractivity contribution is 0.580. The number of nitrogens with two attached hydrogens (primary N) is 1. The van der Waals surface area contributed by atoms with Crippen molar-refractivity contribution < 1.29 is 16.8 Å². The van der Waals surface area contributed by atoms with Crippen LogP contribution in [-0.4, -0.2) is 37.7 Å². The molecule has 0 aliphatic carbocycles. The molecule has 0 spiro atoms. The van der Waals surface area contributed by atoms with Gasteiger partial charge in [0.2, 0.25) is 0 Å². The van der Waals surface area contributed by atoms with Crippen molar-refractivity contribution in [2.24, 2.45) is 5.14 Å². The number of nitrogens with zero attached hydrogens (tertiary/aromatic N) is 3. The first-order valence-electron chi connectivity index (χ1n) is 4.70. The van der Waals surface area contributed by atoms with Crippen molar-refractivity contribution >= 4 is 25.5 Å². The van der Waals surface area contributed by atoms with Crippen molar-refractivity contribution in [3.8, 4) is 0 Å². The molecule has 0 radical (unpaired) electrons. The molecule has 2 aromatic rings. The Kier molecular flexibility index (Phi) is 2.68. The van der Waals surface area contributed by atoms with Gasteiger partial charge in [0.25, 0.3) is 10.0 Å². The van der Waals surface area contributed by atoms with Crippen LogP contribution in [0.2, 0.25) is 0 Å². The molecule has 0 fully saturated rings. The highest BCUT2D eigenvalue weighted by Crippen LogP contribution is 2.16. The van der Waals surface area contributed by atoms with E-state index in [0.29, 0.717) is 0 Å². The van der Waals surface area contributed by atoms with Gasteiger partial charge in [0.05, 0.1) is 5.69 Å². The van der Waals surface area contributed by atoms with E-state index >= 15 is 0 Å². The van der Waals surface area contributed by atoms with Crippen LogP contribution in [-0.2, 0) is 19.9 Å². The van der Waals surface area contributed by atoms with Crippen LogP contribution in [0.25, 0.3) is 5.65 Å². The third-order valence-electron chi connectivity index (χ3n) is 2.22. The quantitative estimate of drug-likeness (QED) is 0.763. The molecule has 18 heavy (non-hydrogen) atoms. The molecule has 2 N–H and O–H groups in total. The molecule has 0 amide bonds. The molecule has 0 saturated carbocycles. The zero-order chi connectivity index (χ0) is 13.7. The SMILES string of the molecule is Cc1nc2ccc(S(C)(=O)=O)nn2c1S(N)(=O)=O. The molecule has 8 nitrogen and oxygen atoms in total. The Bertz CT molecular complexity index is 835. The Balaban J connectivity index is 2.93. The van der Waals surface area contributed by atoms with Crippen molar-refractivity contribution in [3.63, 3.8) is 0 Å². The van der Waals surface area contributed by atoms with Crippen molar-refractivity contribution in [2.45, 2.75) is 17.0 Å². The highest BCUT2D eigenvalue weighted by Gasteiger charge is 2.21. The molecular formula is C8H10N4O4S2. The van der Waals surface area contributed by atoms with E-state index in [-0.39, 0.29) is 21.4 Å². The maximum absolute atomic E-state index is 11.4. The van der Waals surface area contributed by atoms with Crippen LogP contribution < -0.4 is 5.14 Å².